The Kier molecular flexibility index (Phi) is 5.59. The largest absolute Gasteiger partial charge is 0.351 e. The molecule has 0 atom stereocenters. The van der Waals surface area contributed by atoms with Crippen LogP contribution in [-0.2, 0) is 14.1 Å². The maximum Gasteiger partial charge on any atom is 0.331 e. The molecule has 142 valence electrons. The number of carbonyl (C=O) groups excluding carboxylic acids is 1. The average Bonchev–Trinajstić information content (AvgIpc) is 3.09. The van der Waals surface area contributed by atoms with E-state index in [1.807, 2.05) is 0 Å². The fourth-order valence-corrected chi connectivity index (χ4v) is 4.16. The molecule has 1 fully saturated rings. The highest BCUT2D eigenvalue weighted by molar-refractivity contribution is 7.20. The summed E-state index contributed by atoms with van der Waals surface area (Å²) in [6.07, 6.45) is 0.889. The molecule has 1 aliphatic rings. The van der Waals surface area contributed by atoms with Crippen LogP contribution in [0.25, 0.3) is 10.2 Å². The van der Waals surface area contributed by atoms with Gasteiger partial charge < -0.3 is 15.1 Å². The van der Waals surface area contributed by atoms with Crippen molar-refractivity contribution in [3.8, 4) is 0 Å². The Balaban J connectivity index is 1.60. The summed E-state index contributed by atoms with van der Waals surface area (Å²) < 4.78 is 2.47. The molecule has 0 unspecified atom stereocenters. The predicted octanol–water partition coefficient (Wildman–Crippen LogP) is -0.334. The van der Waals surface area contributed by atoms with Gasteiger partial charge in [-0.05, 0) is 26.1 Å². The molecule has 2 aromatic rings. The number of nitrogens with one attached hydrogen (secondary N) is 1. The maximum absolute atomic E-state index is 12.4. The number of carbonyl (C=O) groups is 1. The zero-order valence-corrected chi connectivity index (χ0v) is 16.3. The first-order valence-electron chi connectivity index (χ1n) is 8.77. The fourth-order valence-electron chi connectivity index (χ4n) is 3.14. The minimum atomic E-state index is -0.386. The van der Waals surface area contributed by atoms with Crippen LogP contribution in [0.2, 0.25) is 0 Å². The summed E-state index contributed by atoms with van der Waals surface area (Å²) in [4.78, 5) is 42.3. The first kappa shape index (κ1) is 18.8. The lowest BCUT2D eigenvalue weighted by Gasteiger charge is -2.32. The number of nitrogens with zero attached hydrogens (tertiary/aromatic N) is 4. The molecule has 0 spiro atoms. The molecule has 8 nitrogen and oxygen atoms in total. The highest BCUT2D eigenvalue weighted by Gasteiger charge is 2.17. The predicted molar refractivity (Wildman–Crippen MR) is 103 cm³/mol. The number of piperazine rings is 1. The number of hydrogen-bond acceptors (Lipinski definition) is 6. The molecule has 0 bridgehead atoms. The molecule has 9 heteroatoms. The van der Waals surface area contributed by atoms with Crippen LogP contribution in [0.15, 0.2) is 15.7 Å². The van der Waals surface area contributed by atoms with E-state index in [2.05, 4.69) is 22.2 Å². The van der Waals surface area contributed by atoms with Gasteiger partial charge in [0.2, 0.25) is 0 Å². The number of amides is 1. The van der Waals surface area contributed by atoms with Crippen LogP contribution in [0, 0.1) is 0 Å². The Morgan fingerprint density at radius 1 is 1.12 bits per heavy atom. The van der Waals surface area contributed by atoms with E-state index in [9.17, 15) is 14.4 Å². The van der Waals surface area contributed by atoms with Gasteiger partial charge in [-0.1, -0.05) is 0 Å². The van der Waals surface area contributed by atoms with Crippen molar-refractivity contribution in [1.82, 2.24) is 24.3 Å². The van der Waals surface area contributed by atoms with Gasteiger partial charge in [-0.3, -0.25) is 18.7 Å². The topological polar surface area (TPSA) is 79.6 Å². The third-order valence-electron chi connectivity index (χ3n) is 4.88. The minimum Gasteiger partial charge on any atom is -0.351 e. The van der Waals surface area contributed by atoms with Crippen LogP contribution in [0.3, 0.4) is 0 Å². The molecule has 1 aliphatic heterocycles. The molecule has 0 saturated carbocycles. The molecule has 0 aliphatic carbocycles. The summed E-state index contributed by atoms with van der Waals surface area (Å²) in [6, 6.07) is 1.58. The van der Waals surface area contributed by atoms with Gasteiger partial charge in [0.15, 0.2) is 0 Å². The highest BCUT2D eigenvalue weighted by Crippen LogP contribution is 2.21. The van der Waals surface area contributed by atoms with Gasteiger partial charge in [0, 0.05) is 46.8 Å². The Bertz CT molecular complexity index is 921. The van der Waals surface area contributed by atoms with Gasteiger partial charge in [0.05, 0.1) is 10.3 Å². The smallest absolute Gasteiger partial charge is 0.331 e. The number of thiophene rings is 1. The van der Waals surface area contributed by atoms with Gasteiger partial charge in [-0.25, -0.2) is 4.79 Å². The van der Waals surface area contributed by atoms with Crippen molar-refractivity contribution in [3.63, 3.8) is 0 Å². The number of likely N-dealkylation sites (N-methyl/N-ethyl adjacent to an activating group) is 1. The van der Waals surface area contributed by atoms with E-state index in [4.69, 9.17) is 0 Å². The molecular formula is C17H25N5O3S. The fraction of sp³-hybridized carbons (Fsp3) is 0.588. The summed E-state index contributed by atoms with van der Waals surface area (Å²) in [5, 5.41) is 3.32. The molecule has 1 N–H and O–H groups in total. The van der Waals surface area contributed by atoms with Crippen molar-refractivity contribution in [2.45, 2.75) is 6.42 Å². The van der Waals surface area contributed by atoms with E-state index >= 15 is 0 Å². The molecule has 1 amide bonds. The van der Waals surface area contributed by atoms with Crippen molar-refractivity contribution in [2.24, 2.45) is 14.1 Å². The second-order valence-corrected chi connectivity index (χ2v) is 7.82. The molecular weight excluding hydrogens is 354 g/mol. The zero-order chi connectivity index (χ0) is 18.8. The molecule has 0 aromatic carbocycles. The van der Waals surface area contributed by atoms with Crippen molar-refractivity contribution in [2.75, 3.05) is 46.3 Å². The maximum atomic E-state index is 12.4. The Hall–Kier alpha value is -1.97. The average molecular weight is 379 g/mol. The van der Waals surface area contributed by atoms with E-state index in [1.165, 1.54) is 23.0 Å². The zero-order valence-electron chi connectivity index (χ0n) is 15.4. The SMILES string of the molecule is CN1CCN(CCCNC(=O)c2cc3c(=O)n(C)c(=O)n(C)c3s2)CC1. The number of rotatable bonds is 5. The van der Waals surface area contributed by atoms with Crippen molar-refractivity contribution in [1.29, 1.82) is 0 Å². The van der Waals surface area contributed by atoms with E-state index in [-0.39, 0.29) is 17.2 Å². The minimum absolute atomic E-state index is 0.195. The second kappa shape index (κ2) is 7.73. The van der Waals surface area contributed by atoms with Crippen LogP contribution in [0.4, 0.5) is 0 Å². The number of fused-ring (bicyclic) bond motifs is 1. The first-order chi connectivity index (χ1) is 12.4. The Morgan fingerprint density at radius 3 is 2.50 bits per heavy atom. The summed E-state index contributed by atoms with van der Waals surface area (Å²) in [5.41, 5.74) is -0.753. The number of aryl methyl sites for hydroxylation is 1. The third kappa shape index (κ3) is 3.74. The van der Waals surface area contributed by atoms with Crippen LogP contribution >= 0.6 is 11.3 Å². The Labute approximate surface area is 155 Å². The molecule has 26 heavy (non-hydrogen) atoms. The molecule has 2 aromatic heterocycles. The molecule has 1 saturated heterocycles. The van der Waals surface area contributed by atoms with Gasteiger partial charge >= 0.3 is 5.69 Å². The monoisotopic (exact) mass is 379 g/mol. The second-order valence-electron chi connectivity index (χ2n) is 6.79. The quantitative estimate of drug-likeness (QED) is 0.720. The molecule has 3 rings (SSSR count). The van der Waals surface area contributed by atoms with Gasteiger partial charge in [0.1, 0.15) is 4.83 Å². The summed E-state index contributed by atoms with van der Waals surface area (Å²) in [5.74, 6) is -0.195. The van der Waals surface area contributed by atoms with Gasteiger partial charge in [0.25, 0.3) is 11.5 Å². The van der Waals surface area contributed by atoms with E-state index in [0.717, 1.165) is 43.7 Å². The van der Waals surface area contributed by atoms with Crippen molar-refractivity contribution in [3.05, 3.63) is 31.8 Å². The lowest BCUT2D eigenvalue weighted by atomic mass is 10.3. The normalized spacial score (nSPS) is 16.3. The summed E-state index contributed by atoms with van der Waals surface area (Å²) in [6.45, 7) is 5.87. The van der Waals surface area contributed by atoms with E-state index in [0.29, 0.717) is 21.6 Å². The van der Waals surface area contributed by atoms with Crippen molar-refractivity contribution < 1.29 is 4.79 Å². The van der Waals surface area contributed by atoms with Crippen LogP contribution in [0.5, 0.6) is 0 Å². The molecule has 0 radical (unpaired) electrons. The van der Waals surface area contributed by atoms with Gasteiger partial charge in [-0.2, -0.15) is 0 Å². The lowest BCUT2D eigenvalue weighted by Crippen LogP contribution is -2.45. The molecule has 3 heterocycles. The summed E-state index contributed by atoms with van der Waals surface area (Å²) in [7, 11) is 5.18. The Morgan fingerprint density at radius 2 is 1.81 bits per heavy atom. The van der Waals surface area contributed by atoms with E-state index < -0.39 is 0 Å². The highest BCUT2D eigenvalue weighted by atomic mass is 32.1. The summed E-state index contributed by atoms with van der Waals surface area (Å²) >= 11 is 1.18. The lowest BCUT2D eigenvalue weighted by molar-refractivity contribution is 0.0953. The van der Waals surface area contributed by atoms with Crippen LogP contribution < -0.4 is 16.6 Å². The van der Waals surface area contributed by atoms with E-state index in [1.54, 1.807) is 13.1 Å². The van der Waals surface area contributed by atoms with Gasteiger partial charge in [-0.15, -0.1) is 11.3 Å². The van der Waals surface area contributed by atoms with Crippen LogP contribution in [-0.4, -0.2) is 71.2 Å². The standard InChI is InChI=1S/C17H25N5O3S/c1-19-7-9-22(10-8-19)6-4-5-18-14(23)13-11-12-15(24)20(2)17(25)21(3)16(12)26-13/h11H,4-10H2,1-3H3,(H,18,23). The first-order valence-corrected chi connectivity index (χ1v) is 9.59. The van der Waals surface area contributed by atoms with Crippen LogP contribution in [0.1, 0.15) is 16.1 Å². The third-order valence-corrected chi connectivity index (χ3v) is 6.09. The number of aromatic nitrogens is 2. The van der Waals surface area contributed by atoms with Crippen molar-refractivity contribution >= 4 is 27.5 Å². The number of hydrogen-bond donors (Lipinski definition) is 1.